The van der Waals surface area contributed by atoms with Crippen LogP contribution in [0.3, 0.4) is 0 Å². The summed E-state index contributed by atoms with van der Waals surface area (Å²) in [5, 5.41) is 1.01. The van der Waals surface area contributed by atoms with Crippen molar-refractivity contribution in [3.63, 3.8) is 0 Å². The van der Waals surface area contributed by atoms with Crippen LogP contribution in [0.5, 0.6) is 0 Å². The maximum atomic E-state index is 13.1. The van der Waals surface area contributed by atoms with E-state index in [0.717, 1.165) is 47.8 Å². The van der Waals surface area contributed by atoms with Crippen LogP contribution in [-0.4, -0.2) is 54.3 Å². The van der Waals surface area contributed by atoms with Crippen molar-refractivity contribution in [3.8, 4) is 0 Å². The Kier molecular flexibility index (Phi) is 7.22. The van der Waals surface area contributed by atoms with Gasteiger partial charge in [-0.25, -0.2) is 4.79 Å². The molecular formula is C26H30N2O4. The second-order valence-corrected chi connectivity index (χ2v) is 8.04. The summed E-state index contributed by atoms with van der Waals surface area (Å²) in [6.07, 6.45) is 4.87. The molecule has 0 bridgehead atoms. The van der Waals surface area contributed by atoms with Gasteiger partial charge in [0.2, 0.25) is 0 Å². The van der Waals surface area contributed by atoms with Crippen molar-refractivity contribution < 1.29 is 19.1 Å². The van der Waals surface area contributed by atoms with Crippen LogP contribution in [0.15, 0.2) is 54.7 Å². The molecule has 1 aromatic heterocycles. The first-order valence-corrected chi connectivity index (χ1v) is 11.4. The van der Waals surface area contributed by atoms with Crippen LogP contribution < -0.4 is 0 Å². The summed E-state index contributed by atoms with van der Waals surface area (Å²) in [6.45, 7) is 5.51. The van der Waals surface area contributed by atoms with Crippen LogP contribution >= 0.6 is 0 Å². The second kappa shape index (κ2) is 10.5. The SMILES string of the molecule is CCOC(=O)c1cccc(CCCCn2cc(C(=O)N3CCOCC3)c3ccccc32)c1. The summed E-state index contributed by atoms with van der Waals surface area (Å²) in [5.41, 5.74) is 3.60. The van der Waals surface area contributed by atoms with Gasteiger partial charge in [0.05, 0.1) is 30.9 Å². The van der Waals surface area contributed by atoms with Gasteiger partial charge in [-0.1, -0.05) is 30.3 Å². The van der Waals surface area contributed by atoms with E-state index in [0.29, 0.717) is 38.5 Å². The van der Waals surface area contributed by atoms with Crippen LogP contribution in [0.4, 0.5) is 0 Å². The molecule has 0 aliphatic carbocycles. The summed E-state index contributed by atoms with van der Waals surface area (Å²) in [7, 11) is 0. The normalized spacial score (nSPS) is 14.0. The number of hydrogen-bond acceptors (Lipinski definition) is 4. The van der Waals surface area contributed by atoms with Crippen molar-refractivity contribution in [2.75, 3.05) is 32.9 Å². The number of nitrogens with zero attached hydrogens (tertiary/aromatic N) is 2. The van der Waals surface area contributed by atoms with E-state index < -0.39 is 0 Å². The smallest absolute Gasteiger partial charge is 0.338 e. The van der Waals surface area contributed by atoms with Gasteiger partial charge in [-0.3, -0.25) is 4.79 Å². The first-order chi connectivity index (χ1) is 15.7. The predicted molar refractivity (Wildman–Crippen MR) is 124 cm³/mol. The van der Waals surface area contributed by atoms with Crippen LogP contribution in [0, 0.1) is 0 Å². The molecule has 168 valence electrons. The fraction of sp³-hybridized carbons (Fsp3) is 0.385. The number of rotatable bonds is 8. The van der Waals surface area contributed by atoms with E-state index in [1.54, 1.807) is 6.07 Å². The van der Waals surface area contributed by atoms with E-state index in [1.807, 2.05) is 54.4 Å². The Bertz CT molecular complexity index is 1080. The Balaban J connectivity index is 1.40. The summed E-state index contributed by atoms with van der Waals surface area (Å²) in [4.78, 5) is 26.9. The van der Waals surface area contributed by atoms with Crippen LogP contribution in [0.25, 0.3) is 10.9 Å². The highest BCUT2D eigenvalue weighted by molar-refractivity contribution is 6.07. The number of fused-ring (bicyclic) bond motifs is 1. The third-order valence-electron chi connectivity index (χ3n) is 5.87. The molecule has 0 unspecified atom stereocenters. The number of para-hydroxylation sites is 1. The first kappa shape index (κ1) is 22.1. The highest BCUT2D eigenvalue weighted by Crippen LogP contribution is 2.24. The number of benzene rings is 2. The lowest BCUT2D eigenvalue weighted by Gasteiger charge is -2.26. The molecule has 6 heteroatoms. The lowest BCUT2D eigenvalue weighted by molar-refractivity contribution is 0.0304. The molecule has 1 saturated heterocycles. The number of aryl methyl sites for hydroxylation is 2. The zero-order valence-corrected chi connectivity index (χ0v) is 18.6. The fourth-order valence-electron chi connectivity index (χ4n) is 4.22. The minimum Gasteiger partial charge on any atom is -0.462 e. The van der Waals surface area contributed by atoms with E-state index in [9.17, 15) is 9.59 Å². The average molecular weight is 435 g/mol. The number of aromatic nitrogens is 1. The average Bonchev–Trinajstić information content (AvgIpc) is 3.21. The summed E-state index contributed by atoms with van der Waals surface area (Å²) >= 11 is 0. The Labute approximate surface area is 188 Å². The molecule has 2 heterocycles. The van der Waals surface area contributed by atoms with Crippen molar-refractivity contribution in [1.82, 2.24) is 9.47 Å². The van der Waals surface area contributed by atoms with Gasteiger partial charge in [-0.05, 0) is 49.9 Å². The molecule has 1 aliphatic rings. The van der Waals surface area contributed by atoms with Gasteiger partial charge in [-0.15, -0.1) is 0 Å². The van der Waals surface area contributed by atoms with Crippen molar-refractivity contribution >= 4 is 22.8 Å². The van der Waals surface area contributed by atoms with Gasteiger partial charge in [0.1, 0.15) is 0 Å². The second-order valence-electron chi connectivity index (χ2n) is 8.04. The highest BCUT2D eigenvalue weighted by atomic mass is 16.5. The number of carbonyl (C=O) groups excluding carboxylic acids is 2. The zero-order valence-electron chi connectivity index (χ0n) is 18.6. The zero-order chi connectivity index (χ0) is 22.3. The lowest BCUT2D eigenvalue weighted by atomic mass is 10.1. The molecule has 0 spiro atoms. The molecule has 6 nitrogen and oxygen atoms in total. The van der Waals surface area contributed by atoms with Gasteiger partial charge >= 0.3 is 5.97 Å². The first-order valence-electron chi connectivity index (χ1n) is 11.4. The molecule has 0 N–H and O–H groups in total. The number of ether oxygens (including phenoxy) is 2. The summed E-state index contributed by atoms with van der Waals surface area (Å²) in [6, 6.07) is 15.8. The standard InChI is InChI=1S/C26H30N2O4/c1-2-32-26(30)21-10-7-9-20(18-21)8-5-6-13-28-19-23(22-11-3-4-12-24(22)28)25(29)27-14-16-31-17-15-27/h3-4,7,9-12,18-19H,2,5-6,8,13-17H2,1H3. The van der Waals surface area contributed by atoms with Crippen molar-refractivity contribution in [1.29, 1.82) is 0 Å². The van der Waals surface area contributed by atoms with Gasteiger partial charge in [0, 0.05) is 36.7 Å². The molecule has 1 amide bonds. The molecular weight excluding hydrogens is 404 g/mol. The fourth-order valence-corrected chi connectivity index (χ4v) is 4.22. The molecule has 3 aromatic rings. The van der Waals surface area contributed by atoms with Crippen molar-refractivity contribution in [2.45, 2.75) is 32.7 Å². The Morgan fingerprint density at radius 2 is 1.84 bits per heavy atom. The number of carbonyl (C=O) groups is 2. The summed E-state index contributed by atoms with van der Waals surface area (Å²) < 4.78 is 12.7. The summed E-state index contributed by atoms with van der Waals surface area (Å²) in [5.74, 6) is -0.190. The molecule has 0 radical (unpaired) electrons. The topological polar surface area (TPSA) is 60.8 Å². The van der Waals surface area contributed by atoms with Gasteiger partial charge in [0.15, 0.2) is 0 Å². The van der Waals surface area contributed by atoms with Gasteiger partial charge in [-0.2, -0.15) is 0 Å². The molecule has 32 heavy (non-hydrogen) atoms. The van der Waals surface area contributed by atoms with Crippen molar-refractivity contribution in [2.24, 2.45) is 0 Å². The molecule has 1 aliphatic heterocycles. The van der Waals surface area contributed by atoms with Crippen LogP contribution in [0.1, 0.15) is 46.0 Å². The van der Waals surface area contributed by atoms with Gasteiger partial charge in [0.25, 0.3) is 5.91 Å². The van der Waals surface area contributed by atoms with Crippen LogP contribution in [0.2, 0.25) is 0 Å². The maximum Gasteiger partial charge on any atom is 0.338 e. The molecule has 0 atom stereocenters. The third-order valence-corrected chi connectivity index (χ3v) is 5.87. The minimum atomic E-state index is -0.273. The molecule has 4 rings (SSSR count). The number of morpholine rings is 1. The molecule has 2 aromatic carbocycles. The van der Waals surface area contributed by atoms with Crippen LogP contribution in [-0.2, 0) is 22.4 Å². The molecule has 1 fully saturated rings. The number of esters is 1. The minimum absolute atomic E-state index is 0.0824. The van der Waals surface area contributed by atoms with E-state index in [-0.39, 0.29) is 11.9 Å². The third kappa shape index (κ3) is 5.02. The number of unbranched alkanes of at least 4 members (excludes halogenated alkanes) is 1. The Morgan fingerprint density at radius 3 is 2.66 bits per heavy atom. The highest BCUT2D eigenvalue weighted by Gasteiger charge is 2.22. The van der Waals surface area contributed by atoms with Crippen molar-refractivity contribution in [3.05, 3.63) is 71.4 Å². The van der Waals surface area contributed by atoms with E-state index in [1.165, 1.54) is 0 Å². The quantitative estimate of drug-likeness (QED) is 0.391. The van der Waals surface area contributed by atoms with Gasteiger partial charge < -0.3 is 18.9 Å². The maximum absolute atomic E-state index is 13.1. The Hall–Kier alpha value is -3.12. The van der Waals surface area contributed by atoms with E-state index >= 15 is 0 Å². The predicted octanol–water partition coefficient (Wildman–Crippen LogP) is 4.31. The number of amides is 1. The monoisotopic (exact) mass is 434 g/mol. The Morgan fingerprint density at radius 1 is 1.03 bits per heavy atom. The van der Waals surface area contributed by atoms with E-state index in [4.69, 9.17) is 9.47 Å². The van der Waals surface area contributed by atoms with E-state index in [2.05, 4.69) is 10.6 Å². The number of hydrogen-bond donors (Lipinski definition) is 0. The largest absolute Gasteiger partial charge is 0.462 e. The lowest BCUT2D eigenvalue weighted by Crippen LogP contribution is -2.40. The molecule has 0 saturated carbocycles.